The number of rotatable bonds is 6. The average molecular weight is 494 g/mol. The van der Waals surface area contributed by atoms with E-state index in [1.54, 1.807) is 13.2 Å². The minimum Gasteiger partial charge on any atom is -0.496 e. The molecule has 0 aromatic heterocycles. The maximum absolute atomic E-state index is 12.5. The number of benzene rings is 2. The number of hydrogen-bond acceptors (Lipinski definition) is 5. The minimum absolute atomic E-state index is 0.265. The number of ether oxygens (including phenoxy) is 1. The molecule has 0 radical (unpaired) electrons. The van der Waals surface area contributed by atoms with Gasteiger partial charge in [0.05, 0.1) is 24.7 Å². The van der Waals surface area contributed by atoms with Crippen LogP contribution in [-0.2, 0) is 14.8 Å². The van der Waals surface area contributed by atoms with Crippen LogP contribution in [0.5, 0.6) is 5.75 Å². The second-order valence-electron chi connectivity index (χ2n) is 6.88. The van der Waals surface area contributed by atoms with Crippen LogP contribution in [0.1, 0.15) is 5.56 Å². The number of halogens is 1. The highest BCUT2D eigenvalue weighted by atomic mass is 79.9. The lowest BCUT2D eigenvalue weighted by Gasteiger charge is -2.35. The van der Waals surface area contributed by atoms with Crippen molar-refractivity contribution in [3.63, 3.8) is 0 Å². The molecule has 0 atom stereocenters. The van der Waals surface area contributed by atoms with Gasteiger partial charge in [-0.2, -0.15) is 4.31 Å². The molecule has 1 fully saturated rings. The van der Waals surface area contributed by atoms with Crippen molar-refractivity contribution in [3.8, 4) is 5.75 Å². The molecule has 9 heteroatoms. The number of sulfonamides is 1. The van der Waals surface area contributed by atoms with Crippen LogP contribution in [-0.4, -0.2) is 58.2 Å². The monoisotopic (exact) mass is 493 g/mol. The fourth-order valence-corrected chi connectivity index (χ4v) is 4.50. The molecule has 1 saturated heterocycles. The van der Waals surface area contributed by atoms with Gasteiger partial charge in [-0.1, -0.05) is 28.1 Å². The molecule has 1 N–H and O–H groups in total. The van der Waals surface area contributed by atoms with E-state index in [-0.39, 0.29) is 5.91 Å². The first-order chi connectivity index (χ1) is 14.3. The number of carbonyl (C=O) groups is 1. The lowest BCUT2D eigenvalue weighted by Crippen LogP contribution is -2.48. The smallest absolute Gasteiger partial charge is 0.248 e. The van der Waals surface area contributed by atoms with Gasteiger partial charge in [0, 0.05) is 42.3 Å². The van der Waals surface area contributed by atoms with E-state index in [9.17, 15) is 13.2 Å². The SMILES string of the molecule is COc1ccc(Br)cc1C=CC(=O)Nc1ccccc1N1CCN(S(C)(=O)=O)CC1. The third-order valence-electron chi connectivity index (χ3n) is 4.82. The normalized spacial score (nSPS) is 15.4. The van der Waals surface area contributed by atoms with Gasteiger partial charge >= 0.3 is 0 Å². The van der Waals surface area contributed by atoms with Crippen molar-refractivity contribution < 1.29 is 17.9 Å². The zero-order valence-electron chi connectivity index (χ0n) is 16.8. The average Bonchev–Trinajstić information content (AvgIpc) is 2.72. The fraction of sp³-hybridized carbons (Fsp3) is 0.286. The largest absolute Gasteiger partial charge is 0.496 e. The first-order valence-electron chi connectivity index (χ1n) is 9.39. The molecule has 0 saturated carbocycles. The molecule has 2 aromatic rings. The van der Waals surface area contributed by atoms with Crippen LogP contribution < -0.4 is 15.0 Å². The van der Waals surface area contributed by atoms with Crippen LogP contribution in [0.2, 0.25) is 0 Å². The molecule has 3 rings (SSSR count). The first kappa shape index (κ1) is 22.3. The lowest BCUT2D eigenvalue weighted by atomic mass is 10.2. The van der Waals surface area contributed by atoms with E-state index in [1.165, 1.54) is 16.6 Å². The summed E-state index contributed by atoms with van der Waals surface area (Å²) in [6.45, 7) is 1.96. The molecule has 1 aliphatic heterocycles. The third kappa shape index (κ3) is 5.62. The van der Waals surface area contributed by atoms with E-state index >= 15 is 0 Å². The molecular formula is C21H24BrN3O4S. The van der Waals surface area contributed by atoms with Gasteiger partial charge < -0.3 is 15.0 Å². The molecule has 1 heterocycles. The number of methoxy groups -OCH3 is 1. The van der Waals surface area contributed by atoms with Crippen molar-refractivity contribution >= 4 is 49.3 Å². The number of anilines is 2. The fourth-order valence-electron chi connectivity index (χ4n) is 3.29. The van der Waals surface area contributed by atoms with E-state index < -0.39 is 10.0 Å². The number of nitrogens with zero attached hydrogens (tertiary/aromatic N) is 2. The Morgan fingerprint density at radius 3 is 2.50 bits per heavy atom. The van der Waals surface area contributed by atoms with Gasteiger partial charge in [0.25, 0.3) is 0 Å². The Bertz CT molecular complexity index is 1050. The Labute approximate surface area is 185 Å². The van der Waals surface area contributed by atoms with Gasteiger partial charge in [0.2, 0.25) is 15.9 Å². The maximum Gasteiger partial charge on any atom is 0.248 e. The summed E-state index contributed by atoms with van der Waals surface area (Å²) in [4.78, 5) is 14.6. The molecule has 0 spiro atoms. The van der Waals surface area contributed by atoms with Crippen LogP contribution in [0.25, 0.3) is 6.08 Å². The second-order valence-corrected chi connectivity index (χ2v) is 9.77. The highest BCUT2D eigenvalue weighted by molar-refractivity contribution is 9.10. The predicted molar refractivity (Wildman–Crippen MR) is 123 cm³/mol. The number of nitrogens with one attached hydrogen (secondary N) is 1. The summed E-state index contributed by atoms with van der Waals surface area (Å²) >= 11 is 3.42. The quantitative estimate of drug-likeness (QED) is 0.625. The Morgan fingerprint density at radius 2 is 1.83 bits per heavy atom. The number of piperazine rings is 1. The molecule has 1 aliphatic rings. The summed E-state index contributed by atoms with van der Waals surface area (Å²) in [7, 11) is -1.61. The maximum atomic E-state index is 12.5. The van der Waals surface area contributed by atoms with Gasteiger partial charge in [-0.15, -0.1) is 0 Å². The minimum atomic E-state index is -3.19. The summed E-state index contributed by atoms with van der Waals surface area (Å²) in [6.07, 6.45) is 4.39. The molecule has 0 aliphatic carbocycles. The van der Waals surface area contributed by atoms with Crippen LogP contribution in [0.15, 0.2) is 53.0 Å². The van der Waals surface area contributed by atoms with Crippen molar-refractivity contribution in [1.29, 1.82) is 0 Å². The van der Waals surface area contributed by atoms with E-state index in [0.29, 0.717) is 37.6 Å². The molecule has 0 unspecified atom stereocenters. The van der Waals surface area contributed by atoms with Gasteiger partial charge in [-0.3, -0.25) is 4.79 Å². The Hall–Kier alpha value is -2.36. The Morgan fingerprint density at radius 1 is 1.13 bits per heavy atom. The summed E-state index contributed by atoms with van der Waals surface area (Å²) in [5.74, 6) is 0.408. The van der Waals surface area contributed by atoms with Crippen molar-refractivity contribution in [3.05, 3.63) is 58.6 Å². The van der Waals surface area contributed by atoms with E-state index in [2.05, 4.69) is 26.1 Å². The van der Waals surface area contributed by atoms with Crippen LogP contribution in [0.3, 0.4) is 0 Å². The Balaban J connectivity index is 1.71. The molecule has 2 aromatic carbocycles. The van der Waals surface area contributed by atoms with Gasteiger partial charge in [0.1, 0.15) is 5.75 Å². The standard InChI is InChI=1S/C21H24BrN3O4S/c1-29-20-9-8-17(22)15-16(20)7-10-21(26)23-18-5-3-4-6-19(18)24-11-13-25(14-12-24)30(2,27)28/h3-10,15H,11-14H2,1-2H3,(H,23,26). The van der Waals surface area contributed by atoms with Crippen LogP contribution >= 0.6 is 15.9 Å². The van der Waals surface area contributed by atoms with Crippen molar-refractivity contribution in [2.75, 3.05) is 49.8 Å². The molecule has 0 bridgehead atoms. The molecule has 30 heavy (non-hydrogen) atoms. The van der Waals surface area contributed by atoms with Crippen molar-refractivity contribution in [2.45, 2.75) is 0 Å². The van der Waals surface area contributed by atoms with E-state index in [4.69, 9.17) is 4.74 Å². The lowest BCUT2D eigenvalue weighted by molar-refractivity contribution is -0.111. The van der Waals surface area contributed by atoms with Crippen molar-refractivity contribution in [2.24, 2.45) is 0 Å². The highest BCUT2D eigenvalue weighted by Gasteiger charge is 2.24. The van der Waals surface area contributed by atoms with Crippen LogP contribution in [0.4, 0.5) is 11.4 Å². The zero-order chi connectivity index (χ0) is 21.7. The second kappa shape index (κ2) is 9.63. The first-order valence-corrected chi connectivity index (χ1v) is 12.0. The molecule has 1 amide bonds. The molecule has 7 nitrogen and oxygen atoms in total. The van der Waals surface area contributed by atoms with Crippen molar-refractivity contribution in [1.82, 2.24) is 4.31 Å². The topological polar surface area (TPSA) is 79.0 Å². The summed E-state index contributed by atoms with van der Waals surface area (Å²) in [6, 6.07) is 13.1. The van der Waals surface area contributed by atoms with Gasteiger partial charge in [-0.25, -0.2) is 8.42 Å². The number of carbonyl (C=O) groups excluding carboxylic acids is 1. The van der Waals surface area contributed by atoms with Crippen LogP contribution in [0, 0.1) is 0 Å². The zero-order valence-corrected chi connectivity index (χ0v) is 19.2. The Kier molecular flexibility index (Phi) is 7.17. The number of amides is 1. The third-order valence-corrected chi connectivity index (χ3v) is 6.61. The molecule has 160 valence electrons. The summed E-state index contributed by atoms with van der Waals surface area (Å²) in [5.41, 5.74) is 2.33. The number of para-hydroxylation sites is 2. The highest BCUT2D eigenvalue weighted by Crippen LogP contribution is 2.28. The van der Waals surface area contributed by atoms with Gasteiger partial charge in [-0.05, 0) is 36.4 Å². The van der Waals surface area contributed by atoms with E-state index in [1.807, 2.05) is 42.5 Å². The van der Waals surface area contributed by atoms with Gasteiger partial charge in [0.15, 0.2) is 0 Å². The predicted octanol–water partition coefficient (Wildman–Crippen LogP) is 3.19. The number of hydrogen-bond donors (Lipinski definition) is 1. The summed E-state index contributed by atoms with van der Waals surface area (Å²) in [5, 5.41) is 2.92. The van der Waals surface area contributed by atoms with E-state index in [0.717, 1.165) is 15.7 Å². The molecular weight excluding hydrogens is 470 g/mol. The summed E-state index contributed by atoms with van der Waals surface area (Å²) < 4.78 is 31.1.